The van der Waals surface area contributed by atoms with E-state index < -0.39 is 0 Å². The second-order valence-electron chi connectivity index (χ2n) is 12.2. The number of nitrogens with one attached hydrogen (secondary N) is 2. The summed E-state index contributed by atoms with van der Waals surface area (Å²) in [5.74, 6) is 1.76. The Balaban J connectivity index is 1.15. The monoisotopic (exact) mass is 620 g/mol. The highest BCUT2D eigenvalue weighted by Gasteiger charge is 2.32. The lowest BCUT2D eigenvalue weighted by molar-refractivity contribution is -0.00547. The van der Waals surface area contributed by atoms with E-state index in [1.165, 1.54) is 0 Å². The smallest absolute Gasteiger partial charge is 0.323 e. The number of amides is 2. The summed E-state index contributed by atoms with van der Waals surface area (Å²) in [6.45, 7) is 5.83. The van der Waals surface area contributed by atoms with Gasteiger partial charge < -0.3 is 20.3 Å². The Morgan fingerprint density at radius 1 is 1.00 bits per heavy atom. The van der Waals surface area contributed by atoms with Crippen molar-refractivity contribution in [2.45, 2.75) is 70.4 Å². The number of aromatic nitrogens is 5. The van der Waals surface area contributed by atoms with Gasteiger partial charge in [-0.15, -0.1) is 0 Å². The lowest BCUT2D eigenvalue weighted by Gasteiger charge is -2.37. The molecule has 4 heterocycles. The summed E-state index contributed by atoms with van der Waals surface area (Å²) in [5, 5.41) is 20.6. The topological polar surface area (TPSA) is 137 Å². The number of carbonyl (C=O) groups excluding carboxylic acids is 1. The summed E-state index contributed by atoms with van der Waals surface area (Å²) >= 11 is 0. The number of rotatable bonds is 8. The van der Waals surface area contributed by atoms with Crippen LogP contribution in [0.4, 0.5) is 22.4 Å². The minimum Gasteiger partial charge on any atom is -0.372 e. The molecule has 0 radical (unpaired) electrons. The standard InChI is InChI=1S/C34H40N10O2/c1-23-20-43(21-24(2)46-23)32-27(15-35)18-37-33(41-32)40-29-10-12-30(13-11-29)44(34(45)38-16-25-7-5-4-6-8-25)31-14-9-26(17-36-31)28-19-39-42(3)22-28/h4-9,14,17-19,22-24,29-30H,10-13,16,20-21H2,1-3H3,(H,38,45)(H,37,40,41)/t23-,24+,29?,30?. The molecule has 12 heteroatoms. The molecule has 2 fully saturated rings. The van der Waals surface area contributed by atoms with E-state index in [1.54, 1.807) is 23.3 Å². The van der Waals surface area contributed by atoms with Gasteiger partial charge in [0.2, 0.25) is 5.95 Å². The first-order valence-corrected chi connectivity index (χ1v) is 15.9. The molecule has 4 aromatic rings. The molecule has 0 bridgehead atoms. The van der Waals surface area contributed by atoms with E-state index in [2.05, 4.69) is 31.7 Å². The Bertz CT molecular complexity index is 1650. The summed E-state index contributed by atoms with van der Waals surface area (Å²) < 4.78 is 7.64. The van der Waals surface area contributed by atoms with E-state index in [0.29, 0.717) is 42.8 Å². The zero-order valence-electron chi connectivity index (χ0n) is 26.5. The zero-order valence-corrected chi connectivity index (χ0v) is 26.5. The first kappa shape index (κ1) is 31.0. The Kier molecular flexibility index (Phi) is 9.40. The van der Waals surface area contributed by atoms with Gasteiger partial charge in [0.25, 0.3) is 0 Å². The van der Waals surface area contributed by atoms with Crippen LogP contribution in [0, 0.1) is 11.3 Å². The Hall–Kier alpha value is -5.02. The van der Waals surface area contributed by atoms with Crippen LogP contribution in [0.3, 0.4) is 0 Å². The molecule has 1 saturated heterocycles. The van der Waals surface area contributed by atoms with Crippen molar-refractivity contribution in [2.75, 3.05) is 28.2 Å². The Labute approximate surface area is 269 Å². The van der Waals surface area contributed by atoms with Crippen LogP contribution in [0.25, 0.3) is 11.1 Å². The zero-order chi connectivity index (χ0) is 32.0. The van der Waals surface area contributed by atoms with E-state index in [1.807, 2.05) is 74.5 Å². The van der Waals surface area contributed by atoms with Gasteiger partial charge in [-0.25, -0.2) is 14.8 Å². The molecular formula is C34H40N10O2. The molecule has 2 atom stereocenters. The van der Waals surface area contributed by atoms with Crippen LogP contribution in [-0.4, -0.2) is 68.1 Å². The first-order valence-electron chi connectivity index (χ1n) is 15.9. The number of carbonyl (C=O) groups is 1. The third kappa shape index (κ3) is 7.26. The molecule has 2 aliphatic rings. The average Bonchev–Trinajstić information content (AvgIpc) is 3.51. The number of urea groups is 1. The summed E-state index contributed by atoms with van der Waals surface area (Å²) in [4.78, 5) is 31.6. The lowest BCUT2D eigenvalue weighted by Crippen LogP contribution is -2.49. The van der Waals surface area contributed by atoms with Crippen LogP contribution in [-0.2, 0) is 18.3 Å². The minimum atomic E-state index is -0.170. The average molecular weight is 621 g/mol. The summed E-state index contributed by atoms with van der Waals surface area (Å²) in [6.07, 6.45) is 10.4. The number of aryl methyl sites for hydroxylation is 1. The van der Waals surface area contributed by atoms with Crippen molar-refractivity contribution in [3.05, 3.63) is 78.4 Å². The van der Waals surface area contributed by atoms with E-state index >= 15 is 0 Å². The van der Waals surface area contributed by atoms with Crippen LogP contribution in [0.1, 0.15) is 50.7 Å². The maximum atomic E-state index is 13.7. The molecular weight excluding hydrogens is 580 g/mol. The van der Waals surface area contributed by atoms with Gasteiger partial charge in [-0.05, 0) is 57.2 Å². The number of benzene rings is 1. The second-order valence-corrected chi connectivity index (χ2v) is 12.2. The number of anilines is 3. The third-order valence-corrected chi connectivity index (χ3v) is 8.54. The van der Waals surface area contributed by atoms with Crippen LogP contribution < -0.4 is 20.4 Å². The molecule has 238 valence electrons. The molecule has 0 spiro atoms. The van der Waals surface area contributed by atoms with Crippen LogP contribution >= 0.6 is 0 Å². The molecule has 2 N–H and O–H groups in total. The van der Waals surface area contributed by atoms with Crippen LogP contribution in [0.5, 0.6) is 0 Å². The highest BCUT2D eigenvalue weighted by Crippen LogP contribution is 2.30. The SMILES string of the molecule is C[C@@H]1CN(c2nc(NC3CCC(N(C(=O)NCc4ccccc4)c4ccc(-c5cnn(C)c5)cn4)CC3)ncc2C#N)C[C@H](C)O1. The van der Waals surface area contributed by atoms with Gasteiger partial charge in [0.15, 0.2) is 5.82 Å². The molecule has 12 nitrogen and oxygen atoms in total. The second kappa shape index (κ2) is 14.0. The fourth-order valence-corrected chi connectivity index (χ4v) is 6.36. The van der Waals surface area contributed by atoms with Gasteiger partial charge in [-0.1, -0.05) is 30.3 Å². The third-order valence-electron chi connectivity index (χ3n) is 8.54. The molecule has 1 aromatic carbocycles. The number of ether oxygens (including phenoxy) is 1. The van der Waals surface area contributed by atoms with Gasteiger partial charge in [-0.3, -0.25) is 9.58 Å². The number of hydrogen-bond acceptors (Lipinski definition) is 9. The first-order chi connectivity index (χ1) is 22.4. The molecule has 46 heavy (non-hydrogen) atoms. The Morgan fingerprint density at radius 3 is 2.41 bits per heavy atom. The van der Waals surface area contributed by atoms with E-state index in [4.69, 9.17) is 14.7 Å². The van der Waals surface area contributed by atoms with Crippen molar-refractivity contribution in [1.82, 2.24) is 30.0 Å². The predicted molar refractivity (Wildman–Crippen MR) is 176 cm³/mol. The maximum absolute atomic E-state index is 13.7. The molecule has 6 rings (SSSR count). The van der Waals surface area contributed by atoms with E-state index in [0.717, 1.165) is 42.4 Å². The summed E-state index contributed by atoms with van der Waals surface area (Å²) in [6, 6.07) is 16.0. The summed E-state index contributed by atoms with van der Waals surface area (Å²) in [7, 11) is 1.88. The number of pyridine rings is 1. The molecule has 1 aliphatic heterocycles. The fourth-order valence-electron chi connectivity index (χ4n) is 6.36. The van der Waals surface area contributed by atoms with Crippen molar-refractivity contribution in [3.63, 3.8) is 0 Å². The van der Waals surface area contributed by atoms with Gasteiger partial charge in [0.1, 0.15) is 17.5 Å². The summed E-state index contributed by atoms with van der Waals surface area (Å²) in [5.41, 5.74) is 3.40. The predicted octanol–water partition coefficient (Wildman–Crippen LogP) is 4.90. The van der Waals surface area contributed by atoms with Gasteiger partial charge in [0, 0.05) is 62.3 Å². The number of nitriles is 1. The maximum Gasteiger partial charge on any atom is 0.323 e. The molecule has 1 saturated carbocycles. The van der Waals surface area contributed by atoms with Crippen molar-refractivity contribution in [2.24, 2.45) is 7.05 Å². The lowest BCUT2D eigenvalue weighted by atomic mass is 9.90. The van der Waals surface area contributed by atoms with Gasteiger partial charge in [-0.2, -0.15) is 15.3 Å². The minimum absolute atomic E-state index is 0.0284. The van der Waals surface area contributed by atoms with Crippen LogP contribution in [0.2, 0.25) is 0 Å². The van der Waals surface area contributed by atoms with E-state index in [-0.39, 0.29) is 30.3 Å². The van der Waals surface area contributed by atoms with Crippen LogP contribution in [0.15, 0.2) is 67.3 Å². The quantitative estimate of drug-likeness (QED) is 0.282. The number of hydrogen-bond donors (Lipinski definition) is 2. The van der Waals surface area contributed by atoms with Crippen molar-refractivity contribution >= 4 is 23.6 Å². The van der Waals surface area contributed by atoms with Gasteiger partial charge in [0.05, 0.1) is 24.6 Å². The van der Waals surface area contributed by atoms with E-state index in [9.17, 15) is 10.1 Å². The molecule has 0 unspecified atom stereocenters. The highest BCUT2D eigenvalue weighted by molar-refractivity contribution is 5.91. The largest absolute Gasteiger partial charge is 0.372 e. The number of nitrogens with zero attached hydrogens (tertiary/aromatic N) is 8. The van der Waals surface area contributed by atoms with Gasteiger partial charge >= 0.3 is 6.03 Å². The highest BCUT2D eigenvalue weighted by atomic mass is 16.5. The molecule has 2 amide bonds. The van der Waals surface area contributed by atoms with Crippen molar-refractivity contribution in [3.8, 4) is 17.2 Å². The fraction of sp³-hybridized carbons (Fsp3) is 0.412. The molecule has 3 aromatic heterocycles. The Morgan fingerprint density at radius 2 is 1.76 bits per heavy atom. The van der Waals surface area contributed by atoms with Crippen molar-refractivity contribution in [1.29, 1.82) is 5.26 Å². The number of morpholine rings is 1. The molecule has 1 aliphatic carbocycles. The normalized spacial score (nSPS) is 21.3. The van der Waals surface area contributed by atoms with Crippen molar-refractivity contribution < 1.29 is 9.53 Å².